The number of hydrogen-bond donors (Lipinski definition) is 1. The number of carbonyl (C=O) groups is 2. The van der Waals surface area contributed by atoms with Crippen LogP contribution in [0, 0.1) is 6.92 Å². The first-order valence-electron chi connectivity index (χ1n) is 8.50. The van der Waals surface area contributed by atoms with Gasteiger partial charge in [-0.3, -0.25) is 14.5 Å². The van der Waals surface area contributed by atoms with Gasteiger partial charge in [0, 0.05) is 17.0 Å². The maximum Gasteiger partial charge on any atom is 0.242 e. The molecule has 0 unspecified atom stereocenters. The van der Waals surface area contributed by atoms with Gasteiger partial charge in [0.2, 0.25) is 11.8 Å². The number of halogens is 1. The Morgan fingerprint density at radius 3 is 2.37 bits per heavy atom. The number of nitrogens with two attached hydrogens (primary N) is 1. The number of benzene rings is 2. The van der Waals surface area contributed by atoms with Gasteiger partial charge in [-0.1, -0.05) is 29.8 Å². The van der Waals surface area contributed by atoms with E-state index in [4.69, 9.17) is 17.3 Å². The van der Waals surface area contributed by atoms with E-state index in [1.165, 1.54) is 4.90 Å². The summed E-state index contributed by atoms with van der Waals surface area (Å²) < 4.78 is 1.60. The average Bonchev–Trinajstić information content (AvgIpc) is 3.12. The molecule has 2 N–H and O–H groups in total. The van der Waals surface area contributed by atoms with Crippen LogP contribution in [0.3, 0.4) is 0 Å². The summed E-state index contributed by atoms with van der Waals surface area (Å²) in [7, 11) is 0. The van der Waals surface area contributed by atoms with Gasteiger partial charge in [0.1, 0.15) is 5.82 Å². The van der Waals surface area contributed by atoms with Crippen molar-refractivity contribution in [2.24, 2.45) is 0 Å². The molecule has 7 heteroatoms. The number of aryl methyl sites for hydroxylation is 1. The third-order valence-corrected chi connectivity index (χ3v) is 4.98. The van der Waals surface area contributed by atoms with Gasteiger partial charge in [-0.2, -0.15) is 5.10 Å². The Balaban J connectivity index is 1.73. The summed E-state index contributed by atoms with van der Waals surface area (Å²) in [6.45, 7) is 1.80. The zero-order valence-electron chi connectivity index (χ0n) is 14.6. The molecule has 1 atom stereocenters. The van der Waals surface area contributed by atoms with Crippen LogP contribution >= 0.6 is 11.6 Å². The topological polar surface area (TPSA) is 81.2 Å². The normalized spacial score (nSPS) is 17.0. The highest BCUT2D eigenvalue weighted by Gasteiger charge is 2.43. The summed E-state index contributed by atoms with van der Waals surface area (Å²) in [6.07, 6.45) is 0.0625. The van der Waals surface area contributed by atoms with Crippen molar-refractivity contribution in [1.82, 2.24) is 9.78 Å². The molecule has 1 saturated heterocycles. The second-order valence-electron chi connectivity index (χ2n) is 6.43. The Kier molecular flexibility index (Phi) is 4.20. The third-order valence-electron chi connectivity index (χ3n) is 4.72. The van der Waals surface area contributed by atoms with E-state index in [1.54, 1.807) is 35.9 Å². The van der Waals surface area contributed by atoms with E-state index in [0.717, 1.165) is 5.69 Å². The van der Waals surface area contributed by atoms with Gasteiger partial charge >= 0.3 is 0 Å². The van der Waals surface area contributed by atoms with Crippen LogP contribution < -0.4 is 10.6 Å². The van der Waals surface area contributed by atoms with Crippen molar-refractivity contribution in [3.8, 4) is 5.69 Å². The predicted molar refractivity (Wildman–Crippen MR) is 104 cm³/mol. The van der Waals surface area contributed by atoms with Crippen LogP contribution in [-0.2, 0) is 9.59 Å². The first-order chi connectivity index (χ1) is 13.0. The smallest absolute Gasteiger partial charge is 0.242 e. The van der Waals surface area contributed by atoms with Gasteiger partial charge in [-0.25, -0.2) is 4.68 Å². The highest BCUT2D eigenvalue weighted by Crippen LogP contribution is 2.38. The highest BCUT2D eigenvalue weighted by atomic mass is 35.5. The van der Waals surface area contributed by atoms with E-state index < -0.39 is 5.92 Å². The minimum absolute atomic E-state index is 0.0625. The number of hydrogen-bond acceptors (Lipinski definition) is 4. The molecule has 0 spiro atoms. The van der Waals surface area contributed by atoms with Gasteiger partial charge in [0.25, 0.3) is 0 Å². The number of aromatic nitrogens is 2. The zero-order valence-corrected chi connectivity index (χ0v) is 15.3. The Morgan fingerprint density at radius 2 is 1.70 bits per heavy atom. The summed E-state index contributed by atoms with van der Waals surface area (Å²) in [5, 5.41) is 5.03. The van der Waals surface area contributed by atoms with Gasteiger partial charge < -0.3 is 5.73 Å². The highest BCUT2D eigenvalue weighted by molar-refractivity contribution is 6.30. The van der Waals surface area contributed by atoms with Crippen LogP contribution in [0.5, 0.6) is 0 Å². The molecule has 3 aromatic rings. The fourth-order valence-corrected chi connectivity index (χ4v) is 3.60. The minimum atomic E-state index is -0.648. The SMILES string of the molecule is Cc1nn(-c2ccccc2)c(N)c1[C@@H]1CC(=O)N(c2ccc(Cl)cc2)C1=O. The van der Waals surface area contributed by atoms with Crippen molar-refractivity contribution < 1.29 is 9.59 Å². The van der Waals surface area contributed by atoms with Crippen LogP contribution in [0.1, 0.15) is 23.6 Å². The number of imide groups is 1. The van der Waals surface area contributed by atoms with Crippen molar-refractivity contribution in [2.75, 3.05) is 10.6 Å². The molecule has 1 fully saturated rings. The standard InChI is InChI=1S/C20H17ClN4O2/c1-12-18(19(22)25(23-12)15-5-3-2-4-6-15)16-11-17(26)24(20(16)27)14-9-7-13(21)8-10-14/h2-10,16H,11,22H2,1H3/t16-/m0/s1. The molecule has 0 radical (unpaired) electrons. The molecule has 2 aromatic carbocycles. The fourth-order valence-electron chi connectivity index (χ4n) is 3.47. The van der Waals surface area contributed by atoms with E-state index in [9.17, 15) is 9.59 Å². The molecule has 27 heavy (non-hydrogen) atoms. The van der Waals surface area contributed by atoms with Crippen LogP contribution in [0.4, 0.5) is 11.5 Å². The lowest BCUT2D eigenvalue weighted by atomic mass is 9.97. The van der Waals surface area contributed by atoms with Crippen molar-refractivity contribution in [3.05, 3.63) is 70.9 Å². The van der Waals surface area contributed by atoms with Crippen LogP contribution in [-0.4, -0.2) is 21.6 Å². The van der Waals surface area contributed by atoms with E-state index in [2.05, 4.69) is 5.10 Å². The maximum atomic E-state index is 13.0. The Morgan fingerprint density at radius 1 is 1.04 bits per heavy atom. The lowest BCUT2D eigenvalue weighted by Crippen LogP contribution is -2.30. The molecule has 4 rings (SSSR count). The summed E-state index contributed by atoms with van der Waals surface area (Å²) in [5.74, 6) is -0.836. The molecule has 2 amide bonds. The number of anilines is 2. The summed E-state index contributed by atoms with van der Waals surface area (Å²) in [5.41, 5.74) is 8.88. The van der Waals surface area contributed by atoms with Crippen molar-refractivity contribution >= 4 is 34.9 Å². The van der Waals surface area contributed by atoms with Crippen LogP contribution in [0.2, 0.25) is 5.02 Å². The lowest BCUT2D eigenvalue weighted by Gasteiger charge is -2.15. The van der Waals surface area contributed by atoms with Crippen LogP contribution in [0.15, 0.2) is 54.6 Å². The molecule has 1 aliphatic rings. The van der Waals surface area contributed by atoms with Crippen molar-refractivity contribution in [1.29, 1.82) is 0 Å². The molecule has 6 nitrogen and oxygen atoms in total. The third kappa shape index (κ3) is 2.88. The molecule has 1 aliphatic heterocycles. The summed E-state index contributed by atoms with van der Waals surface area (Å²) in [6, 6.07) is 16.1. The quantitative estimate of drug-likeness (QED) is 0.705. The second kappa shape index (κ2) is 6.55. The molecule has 136 valence electrons. The van der Waals surface area contributed by atoms with E-state index in [0.29, 0.717) is 27.8 Å². The number of carbonyl (C=O) groups excluding carboxylic acids is 2. The number of nitrogens with zero attached hydrogens (tertiary/aromatic N) is 3. The zero-order chi connectivity index (χ0) is 19.1. The molecule has 0 bridgehead atoms. The van der Waals surface area contributed by atoms with E-state index >= 15 is 0 Å². The fraction of sp³-hybridized carbons (Fsp3) is 0.150. The molecular formula is C20H17ClN4O2. The monoisotopic (exact) mass is 380 g/mol. The Bertz CT molecular complexity index is 1030. The number of nitrogen functional groups attached to an aromatic ring is 1. The largest absolute Gasteiger partial charge is 0.383 e. The van der Waals surface area contributed by atoms with Crippen molar-refractivity contribution in [2.45, 2.75) is 19.3 Å². The second-order valence-corrected chi connectivity index (χ2v) is 6.87. The molecular weight excluding hydrogens is 364 g/mol. The molecule has 0 saturated carbocycles. The Labute approximate surface area is 161 Å². The molecule has 1 aromatic heterocycles. The average molecular weight is 381 g/mol. The maximum absolute atomic E-state index is 13.0. The van der Waals surface area contributed by atoms with E-state index in [1.807, 2.05) is 30.3 Å². The first kappa shape index (κ1) is 17.3. The van der Waals surface area contributed by atoms with Crippen molar-refractivity contribution in [3.63, 3.8) is 0 Å². The van der Waals surface area contributed by atoms with Gasteiger partial charge in [-0.15, -0.1) is 0 Å². The Hall–Kier alpha value is -3.12. The predicted octanol–water partition coefficient (Wildman–Crippen LogP) is 3.46. The van der Waals surface area contributed by atoms with E-state index in [-0.39, 0.29) is 18.2 Å². The molecule has 2 heterocycles. The van der Waals surface area contributed by atoms with Crippen LogP contribution in [0.25, 0.3) is 5.69 Å². The number of amides is 2. The summed E-state index contributed by atoms with van der Waals surface area (Å²) >= 11 is 5.90. The first-order valence-corrected chi connectivity index (χ1v) is 8.88. The number of para-hydroxylation sites is 1. The van der Waals surface area contributed by atoms with Gasteiger partial charge in [-0.05, 0) is 43.3 Å². The lowest BCUT2D eigenvalue weighted by molar-refractivity contribution is -0.121. The van der Waals surface area contributed by atoms with Gasteiger partial charge in [0.05, 0.1) is 23.0 Å². The molecule has 0 aliphatic carbocycles. The minimum Gasteiger partial charge on any atom is -0.383 e. The van der Waals surface area contributed by atoms with Gasteiger partial charge in [0.15, 0.2) is 0 Å². The summed E-state index contributed by atoms with van der Waals surface area (Å²) in [4.78, 5) is 26.8. The number of rotatable bonds is 3.